The minimum atomic E-state index is -0.624. The van der Waals surface area contributed by atoms with E-state index >= 15 is 0 Å². The second kappa shape index (κ2) is 6.05. The molecule has 1 aromatic rings. The molecule has 1 saturated carbocycles. The van der Waals surface area contributed by atoms with Gasteiger partial charge in [-0.2, -0.15) is 0 Å². The molecule has 1 fully saturated rings. The van der Waals surface area contributed by atoms with E-state index in [1.54, 1.807) is 0 Å². The van der Waals surface area contributed by atoms with Gasteiger partial charge < -0.3 is 5.11 Å². The molecule has 1 N–H and O–H groups in total. The highest BCUT2D eigenvalue weighted by Gasteiger charge is 2.43. The average molecular weight is 258 g/mol. The van der Waals surface area contributed by atoms with Gasteiger partial charge in [-0.15, -0.1) is 0 Å². The molecule has 102 valence electrons. The second-order valence-corrected chi connectivity index (χ2v) is 5.62. The Hall–Kier alpha value is -1.57. The third-order valence-electron chi connectivity index (χ3n) is 4.36. The highest BCUT2D eigenvalue weighted by atomic mass is 16.4. The summed E-state index contributed by atoms with van der Waals surface area (Å²) in [6.07, 6.45) is 8.51. The van der Waals surface area contributed by atoms with Crippen LogP contribution < -0.4 is 0 Å². The van der Waals surface area contributed by atoms with Gasteiger partial charge in [0.1, 0.15) is 0 Å². The number of allylic oxidation sites excluding steroid dienone is 1. The molecule has 0 bridgehead atoms. The van der Waals surface area contributed by atoms with Gasteiger partial charge in [0, 0.05) is 0 Å². The van der Waals surface area contributed by atoms with Crippen molar-refractivity contribution in [2.45, 2.75) is 39.0 Å². The maximum Gasteiger partial charge on any atom is 0.309 e. The molecule has 1 aliphatic carbocycles. The Balaban J connectivity index is 2.03. The van der Waals surface area contributed by atoms with Crippen LogP contribution in [-0.2, 0) is 4.79 Å². The average Bonchev–Trinajstić information content (AvgIpc) is 2.85. The lowest BCUT2D eigenvalue weighted by molar-refractivity contribution is -0.148. The first-order chi connectivity index (χ1) is 9.16. The first-order valence-corrected chi connectivity index (χ1v) is 7.11. The first kappa shape index (κ1) is 13.9. The molecular weight excluding hydrogens is 236 g/mol. The maximum absolute atomic E-state index is 11.6. The predicted molar refractivity (Wildman–Crippen MR) is 77.8 cm³/mol. The van der Waals surface area contributed by atoms with Crippen LogP contribution in [0.25, 0.3) is 6.08 Å². The summed E-state index contributed by atoms with van der Waals surface area (Å²) in [6.45, 7) is 2.16. The van der Waals surface area contributed by atoms with Crippen LogP contribution in [0.4, 0.5) is 0 Å². The topological polar surface area (TPSA) is 37.3 Å². The number of carbonyl (C=O) groups is 1. The van der Waals surface area contributed by atoms with Gasteiger partial charge in [0.05, 0.1) is 5.41 Å². The normalized spacial score (nSPS) is 26.9. The van der Waals surface area contributed by atoms with Crippen molar-refractivity contribution in [3.63, 3.8) is 0 Å². The number of carboxylic acid groups (broad SMARTS) is 1. The van der Waals surface area contributed by atoms with Crippen molar-refractivity contribution in [1.82, 2.24) is 0 Å². The summed E-state index contributed by atoms with van der Waals surface area (Å²) in [7, 11) is 0. The van der Waals surface area contributed by atoms with Crippen LogP contribution in [0.1, 0.15) is 44.6 Å². The van der Waals surface area contributed by atoms with Gasteiger partial charge in [0.15, 0.2) is 0 Å². The highest BCUT2D eigenvalue weighted by molar-refractivity contribution is 5.75. The lowest BCUT2D eigenvalue weighted by atomic mass is 9.81. The van der Waals surface area contributed by atoms with Gasteiger partial charge in [0.2, 0.25) is 0 Å². The smallest absolute Gasteiger partial charge is 0.309 e. The van der Waals surface area contributed by atoms with Gasteiger partial charge in [-0.1, -0.05) is 55.8 Å². The summed E-state index contributed by atoms with van der Waals surface area (Å²) in [6, 6.07) is 10.0. The van der Waals surface area contributed by atoms with Crippen LogP contribution in [0.2, 0.25) is 0 Å². The van der Waals surface area contributed by atoms with Crippen LogP contribution in [0.3, 0.4) is 0 Å². The Morgan fingerprint density at radius 2 is 2.16 bits per heavy atom. The number of benzene rings is 1. The molecule has 1 aliphatic rings. The summed E-state index contributed by atoms with van der Waals surface area (Å²) < 4.78 is 0. The predicted octanol–water partition coefficient (Wildman–Crippen LogP) is 4.37. The van der Waals surface area contributed by atoms with E-state index in [1.807, 2.05) is 42.5 Å². The molecule has 2 unspecified atom stereocenters. The van der Waals surface area contributed by atoms with E-state index in [9.17, 15) is 9.90 Å². The monoisotopic (exact) mass is 258 g/mol. The molecule has 0 aliphatic heterocycles. The minimum Gasteiger partial charge on any atom is -0.481 e. The van der Waals surface area contributed by atoms with Crippen LogP contribution in [-0.4, -0.2) is 11.1 Å². The van der Waals surface area contributed by atoms with E-state index in [0.29, 0.717) is 12.3 Å². The maximum atomic E-state index is 11.6. The molecule has 0 heterocycles. The zero-order valence-corrected chi connectivity index (χ0v) is 11.5. The number of aliphatic carboxylic acids is 1. The van der Waals surface area contributed by atoms with Crippen LogP contribution in [0.5, 0.6) is 0 Å². The van der Waals surface area contributed by atoms with E-state index in [-0.39, 0.29) is 0 Å². The fraction of sp³-hybridized carbons (Fsp3) is 0.471. The fourth-order valence-electron chi connectivity index (χ4n) is 3.04. The van der Waals surface area contributed by atoms with Crippen LogP contribution in [0, 0.1) is 11.3 Å². The van der Waals surface area contributed by atoms with E-state index in [1.165, 1.54) is 0 Å². The van der Waals surface area contributed by atoms with Crippen molar-refractivity contribution in [3.8, 4) is 0 Å². The molecule has 2 heteroatoms. The fourth-order valence-corrected chi connectivity index (χ4v) is 3.04. The molecule has 0 amide bonds. The van der Waals surface area contributed by atoms with Crippen molar-refractivity contribution in [3.05, 3.63) is 42.0 Å². The molecule has 2 atom stereocenters. The number of hydrogen-bond donors (Lipinski definition) is 1. The Bertz CT molecular complexity index is 450. The van der Waals surface area contributed by atoms with Gasteiger partial charge in [-0.05, 0) is 37.2 Å². The van der Waals surface area contributed by atoms with E-state index in [4.69, 9.17) is 0 Å². The van der Waals surface area contributed by atoms with Crippen molar-refractivity contribution in [2.75, 3.05) is 0 Å². The third kappa shape index (κ3) is 3.25. The van der Waals surface area contributed by atoms with Crippen molar-refractivity contribution in [1.29, 1.82) is 0 Å². The van der Waals surface area contributed by atoms with Crippen molar-refractivity contribution >= 4 is 12.0 Å². The van der Waals surface area contributed by atoms with Gasteiger partial charge in [0.25, 0.3) is 0 Å². The van der Waals surface area contributed by atoms with E-state index < -0.39 is 11.4 Å². The summed E-state index contributed by atoms with van der Waals surface area (Å²) in [5, 5.41) is 9.54. The molecule has 0 saturated heterocycles. The third-order valence-corrected chi connectivity index (χ3v) is 4.36. The van der Waals surface area contributed by atoms with E-state index in [2.05, 4.69) is 6.92 Å². The van der Waals surface area contributed by atoms with Gasteiger partial charge in [-0.3, -0.25) is 4.79 Å². The largest absolute Gasteiger partial charge is 0.481 e. The highest BCUT2D eigenvalue weighted by Crippen LogP contribution is 2.46. The number of rotatable bonds is 5. The Kier molecular flexibility index (Phi) is 4.41. The quantitative estimate of drug-likeness (QED) is 0.851. The van der Waals surface area contributed by atoms with Crippen LogP contribution >= 0.6 is 0 Å². The molecule has 2 rings (SSSR count). The molecule has 0 spiro atoms. The lowest BCUT2D eigenvalue weighted by Gasteiger charge is -2.22. The van der Waals surface area contributed by atoms with Crippen molar-refractivity contribution < 1.29 is 9.90 Å². The zero-order chi connectivity index (χ0) is 13.7. The van der Waals surface area contributed by atoms with Crippen molar-refractivity contribution in [2.24, 2.45) is 11.3 Å². The molecule has 2 nitrogen and oxygen atoms in total. The minimum absolute atomic E-state index is 0.522. The Morgan fingerprint density at radius 1 is 1.42 bits per heavy atom. The summed E-state index contributed by atoms with van der Waals surface area (Å²) in [5.74, 6) is -0.0395. The van der Waals surface area contributed by atoms with Gasteiger partial charge in [-0.25, -0.2) is 0 Å². The molecular formula is C17H22O2. The summed E-state index contributed by atoms with van der Waals surface area (Å²) >= 11 is 0. The van der Waals surface area contributed by atoms with Gasteiger partial charge >= 0.3 is 5.97 Å². The molecule has 0 radical (unpaired) electrons. The molecule has 1 aromatic carbocycles. The van der Waals surface area contributed by atoms with E-state index in [0.717, 1.165) is 31.2 Å². The van der Waals surface area contributed by atoms with Crippen LogP contribution in [0.15, 0.2) is 36.4 Å². The molecule has 0 aromatic heterocycles. The summed E-state index contributed by atoms with van der Waals surface area (Å²) in [4.78, 5) is 11.6. The molecule has 19 heavy (non-hydrogen) atoms. The SMILES string of the molecule is CCC1CCC(CC=Cc2ccccc2)(C(=O)O)C1. The summed E-state index contributed by atoms with van der Waals surface area (Å²) in [5.41, 5.74) is 0.611. The zero-order valence-electron chi connectivity index (χ0n) is 11.5. The Morgan fingerprint density at radius 3 is 2.74 bits per heavy atom. The second-order valence-electron chi connectivity index (χ2n) is 5.62. The number of carboxylic acids is 1. The standard InChI is InChI=1S/C17H22O2/c1-2-14-10-12-17(13-14,16(18)19)11-6-9-15-7-4-3-5-8-15/h3-9,14H,2,10-13H2,1H3,(H,18,19). The number of hydrogen-bond acceptors (Lipinski definition) is 1. The Labute approximate surface area is 115 Å². The first-order valence-electron chi connectivity index (χ1n) is 7.11. The lowest BCUT2D eigenvalue weighted by Crippen LogP contribution is -2.27.